The van der Waals surface area contributed by atoms with Crippen molar-refractivity contribution in [1.29, 1.82) is 0 Å². The Bertz CT molecular complexity index is 378. The molecule has 0 bridgehead atoms. The van der Waals surface area contributed by atoms with Crippen LogP contribution in [0.5, 0.6) is 5.75 Å². The summed E-state index contributed by atoms with van der Waals surface area (Å²) in [5.41, 5.74) is 0.703. The lowest BCUT2D eigenvalue weighted by Gasteiger charge is -2.26. The van der Waals surface area contributed by atoms with Crippen molar-refractivity contribution in [1.82, 2.24) is 4.90 Å². The highest BCUT2D eigenvalue weighted by Crippen LogP contribution is 2.22. The second-order valence-corrected chi connectivity index (χ2v) is 4.06. The second kappa shape index (κ2) is 6.98. The van der Waals surface area contributed by atoms with Gasteiger partial charge >= 0.3 is 0 Å². The minimum atomic E-state index is 0.609. The van der Waals surface area contributed by atoms with E-state index in [9.17, 15) is 4.79 Å². The zero-order valence-electron chi connectivity index (χ0n) is 10.3. The van der Waals surface area contributed by atoms with Crippen LogP contribution >= 0.6 is 0 Å². The van der Waals surface area contributed by atoms with E-state index in [-0.39, 0.29) is 0 Å². The molecule has 1 fully saturated rings. The maximum absolute atomic E-state index is 10.5. The first-order chi connectivity index (χ1) is 8.90. The summed E-state index contributed by atoms with van der Waals surface area (Å²) >= 11 is 0. The van der Waals surface area contributed by atoms with Crippen LogP contribution in [-0.2, 0) is 9.53 Å². The molecule has 2 rings (SSSR count). The molecule has 1 heterocycles. The quantitative estimate of drug-likeness (QED) is 0.764. The maximum Gasteiger partial charge on any atom is 0.211 e. The molecule has 0 atom stereocenters. The van der Waals surface area contributed by atoms with E-state index in [1.54, 1.807) is 0 Å². The third kappa shape index (κ3) is 3.72. The Morgan fingerprint density at radius 2 is 2.11 bits per heavy atom. The van der Waals surface area contributed by atoms with E-state index >= 15 is 0 Å². The van der Waals surface area contributed by atoms with Gasteiger partial charge in [-0.05, 0) is 12.1 Å². The van der Waals surface area contributed by atoms with Crippen LogP contribution in [0.3, 0.4) is 0 Å². The highest BCUT2D eigenvalue weighted by molar-refractivity contribution is 5.75. The van der Waals surface area contributed by atoms with Gasteiger partial charge in [0.15, 0.2) is 0 Å². The molecule has 5 heteroatoms. The third-order valence-electron chi connectivity index (χ3n) is 2.87. The summed E-state index contributed by atoms with van der Waals surface area (Å²) in [5.74, 6) is 0.706. The summed E-state index contributed by atoms with van der Waals surface area (Å²) in [6, 6.07) is 7.42. The Morgan fingerprint density at radius 3 is 2.89 bits per heavy atom. The number of rotatable bonds is 6. The Hall–Kier alpha value is -1.59. The fraction of sp³-hybridized carbons (Fsp3) is 0.462. The molecule has 0 aromatic heterocycles. The molecule has 1 N–H and O–H groups in total. The molecule has 1 aromatic carbocycles. The van der Waals surface area contributed by atoms with Gasteiger partial charge in [-0.2, -0.15) is 0 Å². The Balaban J connectivity index is 1.80. The predicted molar refractivity (Wildman–Crippen MR) is 68.9 cm³/mol. The van der Waals surface area contributed by atoms with Crippen LogP contribution < -0.4 is 10.1 Å². The first-order valence-corrected chi connectivity index (χ1v) is 6.12. The van der Waals surface area contributed by atoms with Crippen LogP contribution in [0.1, 0.15) is 0 Å². The molecular formula is C13H18N2O3. The van der Waals surface area contributed by atoms with E-state index in [2.05, 4.69) is 10.2 Å². The molecule has 5 nitrogen and oxygen atoms in total. The van der Waals surface area contributed by atoms with Crippen molar-refractivity contribution < 1.29 is 14.3 Å². The number of para-hydroxylation sites is 2. The van der Waals surface area contributed by atoms with Crippen LogP contribution in [0.4, 0.5) is 5.69 Å². The summed E-state index contributed by atoms with van der Waals surface area (Å²) < 4.78 is 11.0. The van der Waals surface area contributed by atoms with Crippen LogP contribution in [0.2, 0.25) is 0 Å². The van der Waals surface area contributed by atoms with Gasteiger partial charge in [0.2, 0.25) is 6.41 Å². The van der Waals surface area contributed by atoms with Gasteiger partial charge in [0.1, 0.15) is 12.4 Å². The smallest absolute Gasteiger partial charge is 0.211 e. The number of morpholine rings is 1. The first-order valence-electron chi connectivity index (χ1n) is 6.12. The number of carbonyl (C=O) groups is 1. The van der Waals surface area contributed by atoms with E-state index in [0.29, 0.717) is 24.5 Å². The number of nitrogens with one attached hydrogen (secondary N) is 1. The fourth-order valence-corrected chi connectivity index (χ4v) is 1.88. The second-order valence-electron chi connectivity index (χ2n) is 4.06. The summed E-state index contributed by atoms with van der Waals surface area (Å²) in [4.78, 5) is 12.8. The zero-order valence-corrected chi connectivity index (χ0v) is 10.3. The minimum Gasteiger partial charge on any atom is -0.490 e. The van der Waals surface area contributed by atoms with Crippen molar-refractivity contribution in [2.75, 3.05) is 44.8 Å². The van der Waals surface area contributed by atoms with E-state index in [1.165, 1.54) is 0 Å². The molecule has 18 heavy (non-hydrogen) atoms. The molecule has 1 aliphatic heterocycles. The fourth-order valence-electron chi connectivity index (χ4n) is 1.88. The number of anilines is 1. The van der Waals surface area contributed by atoms with Gasteiger partial charge in [0.05, 0.1) is 18.9 Å². The van der Waals surface area contributed by atoms with Crippen molar-refractivity contribution >= 4 is 12.1 Å². The number of carbonyl (C=O) groups excluding carboxylic acids is 1. The first kappa shape index (κ1) is 12.9. The summed E-state index contributed by atoms with van der Waals surface area (Å²) in [6.07, 6.45) is 0.657. The molecule has 0 saturated carbocycles. The molecule has 98 valence electrons. The molecule has 1 aliphatic rings. The Kier molecular flexibility index (Phi) is 4.99. The van der Waals surface area contributed by atoms with E-state index in [0.717, 1.165) is 32.8 Å². The normalized spacial score (nSPS) is 16.2. The van der Waals surface area contributed by atoms with Crippen molar-refractivity contribution in [3.05, 3.63) is 24.3 Å². The molecule has 0 radical (unpaired) electrons. The number of hydrogen-bond acceptors (Lipinski definition) is 4. The molecule has 1 aromatic rings. The SMILES string of the molecule is O=CNc1ccccc1OCCN1CCOCC1. The standard InChI is InChI=1S/C13H18N2O3/c16-11-14-12-3-1-2-4-13(12)18-10-7-15-5-8-17-9-6-15/h1-4,11H,5-10H2,(H,14,16). The number of amides is 1. The van der Waals surface area contributed by atoms with E-state index in [4.69, 9.17) is 9.47 Å². The molecule has 0 aliphatic carbocycles. The summed E-state index contributed by atoms with van der Waals surface area (Å²) in [5, 5.41) is 2.63. The number of ether oxygens (including phenoxy) is 2. The van der Waals surface area contributed by atoms with Crippen molar-refractivity contribution in [2.45, 2.75) is 0 Å². The van der Waals surface area contributed by atoms with E-state index in [1.807, 2.05) is 24.3 Å². The number of nitrogens with zero attached hydrogens (tertiary/aromatic N) is 1. The highest BCUT2D eigenvalue weighted by Gasteiger charge is 2.10. The van der Waals surface area contributed by atoms with Gasteiger partial charge in [-0.1, -0.05) is 12.1 Å². The lowest BCUT2D eigenvalue weighted by Crippen LogP contribution is -2.38. The van der Waals surface area contributed by atoms with Gasteiger partial charge in [0, 0.05) is 19.6 Å². The monoisotopic (exact) mass is 250 g/mol. The molecule has 0 unspecified atom stereocenters. The minimum absolute atomic E-state index is 0.609. The lowest BCUT2D eigenvalue weighted by molar-refractivity contribution is -0.105. The Morgan fingerprint density at radius 1 is 1.33 bits per heavy atom. The topological polar surface area (TPSA) is 50.8 Å². The Labute approximate surface area is 107 Å². The molecule has 1 amide bonds. The van der Waals surface area contributed by atoms with Crippen LogP contribution in [-0.4, -0.2) is 50.8 Å². The van der Waals surface area contributed by atoms with Crippen LogP contribution in [0, 0.1) is 0 Å². The number of benzene rings is 1. The van der Waals surface area contributed by atoms with Crippen molar-refractivity contribution in [2.24, 2.45) is 0 Å². The molecule has 0 spiro atoms. The van der Waals surface area contributed by atoms with Crippen molar-refractivity contribution in [3.8, 4) is 5.75 Å². The van der Waals surface area contributed by atoms with Gasteiger partial charge in [-0.15, -0.1) is 0 Å². The molecular weight excluding hydrogens is 232 g/mol. The largest absolute Gasteiger partial charge is 0.490 e. The summed E-state index contributed by atoms with van der Waals surface area (Å²) in [7, 11) is 0. The lowest BCUT2D eigenvalue weighted by atomic mass is 10.3. The van der Waals surface area contributed by atoms with E-state index < -0.39 is 0 Å². The zero-order chi connectivity index (χ0) is 12.6. The van der Waals surface area contributed by atoms with Gasteiger partial charge in [-0.25, -0.2) is 0 Å². The average Bonchev–Trinajstić information content (AvgIpc) is 2.42. The third-order valence-corrected chi connectivity index (χ3v) is 2.87. The molecule has 1 saturated heterocycles. The van der Waals surface area contributed by atoms with Crippen LogP contribution in [0.15, 0.2) is 24.3 Å². The van der Waals surface area contributed by atoms with Gasteiger partial charge in [-0.3, -0.25) is 9.69 Å². The maximum atomic E-state index is 10.5. The number of hydrogen-bond donors (Lipinski definition) is 1. The van der Waals surface area contributed by atoms with Crippen molar-refractivity contribution in [3.63, 3.8) is 0 Å². The highest BCUT2D eigenvalue weighted by atomic mass is 16.5. The summed E-state index contributed by atoms with van der Waals surface area (Å²) in [6.45, 7) is 4.98. The predicted octanol–water partition coefficient (Wildman–Crippen LogP) is 0.966. The average molecular weight is 250 g/mol. The van der Waals surface area contributed by atoms with Crippen LogP contribution in [0.25, 0.3) is 0 Å². The van der Waals surface area contributed by atoms with Gasteiger partial charge < -0.3 is 14.8 Å². The van der Waals surface area contributed by atoms with Gasteiger partial charge in [0.25, 0.3) is 0 Å².